The van der Waals surface area contributed by atoms with Crippen molar-refractivity contribution in [3.05, 3.63) is 0 Å². The Bertz CT molecular complexity index is 441. The molecule has 31 heavy (non-hydrogen) atoms. The third-order valence-electron chi connectivity index (χ3n) is 3.35. The summed E-state index contributed by atoms with van der Waals surface area (Å²) < 4.78 is 36.9. The van der Waals surface area contributed by atoms with Gasteiger partial charge in [0.2, 0.25) is 0 Å². The molecule has 10 heteroatoms. The fourth-order valence-electron chi connectivity index (χ4n) is 2.01. The molecule has 0 aromatic carbocycles. The van der Waals surface area contributed by atoms with Gasteiger partial charge in [-0.3, -0.25) is 4.79 Å². The van der Waals surface area contributed by atoms with Crippen LogP contribution in [0.25, 0.3) is 0 Å². The van der Waals surface area contributed by atoms with Crippen LogP contribution in [0.5, 0.6) is 0 Å². The van der Waals surface area contributed by atoms with E-state index in [0.717, 1.165) is 6.42 Å². The summed E-state index contributed by atoms with van der Waals surface area (Å²) in [6, 6.07) is 0. The predicted molar refractivity (Wildman–Crippen MR) is 114 cm³/mol. The normalized spacial score (nSPS) is 11.4. The Morgan fingerprint density at radius 1 is 0.677 bits per heavy atom. The SMILES string of the molecule is CCCC(=O)OCCOCCOCCOCCOCCOCCNC(=O)OC(C)(C)C. The van der Waals surface area contributed by atoms with Crippen LogP contribution in [0.15, 0.2) is 0 Å². The minimum absolute atomic E-state index is 0.191. The standard InChI is InChI=1S/C21H41NO9/c1-5-6-19(23)30-18-17-29-16-15-28-14-13-27-12-11-26-10-9-25-8-7-22-20(24)31-21(2,3)4/h5-18H2,1-4H3,(H,22,24). The summed E-state index contributed by atoms with van der Waals surface area (Å²) in [5, 5.41) is 2.62. The van der Waals surface area contributed by atoms with Gasteiger partial charge in [0.05, 0.1) is 66.1 Å². The summed E-state index contributed by atoms with van der Waals surface area (Å²) in [5.41, 5.74) is -0.506. The number of ether oxygens (including phenoxy) is 7. The number of carbonyl (C=O) groups is 2. The first-order chi connectivity index (χ1) is 14.8. The first-order valence-electron chi connectivity index (χ1n) is 10.9. The van der Waals surface area contributed by atoms with Gasteiger partial charge in [-0.15, -0.1) is 0 Å². The van der Waals surface area contributed by atoms with Crippen molar-refractivity contribution in [1.29, 1.82) is 0 Å². The highest BCUT2D eigenvalue weighted by atomic mass is 16.6. The van der Waals surface area contributed by atoms with Crippen LogP contribution >= 0.6 is 0 Å². The van der Waals surface area contributed by atoms with Crippen molar-refractivity contribution >= 4 is 12.1 Å². The number of rotatable bonds is 20. The van der Waals surface area contributed by atoms with E-state index in [-0.39, 0.29) is 12.6 Å². The van der Waals surface area contributed by atoms with E-state index in [1.165, 1.54) is 0 Å². The third kappa shape index (κ3) is 24.7. The minimum Gasteiger partial charge on any atom is -0.463 e. The summed E-state index contributed by atoms with van der Waals surface area (Å²) in [7, 11) is 0. The van der Waals surface area contributed by atoms with Crippen LogP contribution in [0, 0.1) is 0 Å². The zero-order chi connectivity index (χ0) is 23.2. The molecule has 0 atom stereocenters. The summed E-state index contributed by atoms with van der Waals surface area (Å²) in [5.74, 6) is -0.191. The van der Waals surface area contributed by atoms with Gasteiger partial charge >= 0.3 is 12.1 Å². The molecule has 0 saturated carbocycles. The molecule has 0 unspecified atom stereocenters. The van der Waals surface area contributed by atoms with E-state index in [1.807, 2.05) is 27.7 Å². The van der Waals surface area contributed by atoms with Crippen molar-refractivity contribution in [1.82, 2.24) is 5.32 Å². The summed E-state index contributed by atoms with van der Waals surface area (Å²) >= 11 is 0. The van der Waals surface area contributed by atoms with E-state index in [9.17, 15) is 9.59 Å². The van der Waals surface area contributed by atoms with Crippen LogP contribution in [0.2, 0.25) is 0 Å². The Kier molecular flexibility index (Phi) is 19.5. The van der Waals surface area contributed by atoms with Crippen LogP contribution in [-0.4, -0.2) is 96.9 Å². The van der Waals surface area contributed by atoms with Gasteiger partial charge in [-0.25, -0.2) is 4.79 Å². The molecule has 184 valence electrons. The molecule has 0 heterocycles. The largest absolute Gasteiger partial charge is 0.463 e. The first kappa shape index (κ1) is 29.5. The maximum atomic E-state index is 11.4. The van der Waals surface area contributed by atoms with Crippen LogP contribution in [0.1, 0.15) is 40.5 Å². The van der Waals surface area contributed by atoms with Crippen LogP contribution in [0.3, 0.4) is 0 Å². The molecule has 0 fully saturated rings. The van der Waals surface area contributed by atoms with Crippen molar-refractivity contribution in [2.75, 3.05) is 79.2 Å². The summed E-state index contributed by atoms with van der Waals surface area (Å²) in [6.45, 7) is 12.5. The van der Waals surface area contributed by atoms with Crippen molar-refractivity contribution in [2.45, 2.75) is 46.1 Å². The van der Waals surface area contributed by atoms with Gasteiger partial charge in [-0.1, -0.05) is 6.92 Å². The second kappa shape index (κ2) is 20.4. The fourth-order valence-corrected chi connectivity index (χ4v) is 2.01. The van der Waals surface area contributed by atoms with Gasteiger partial charge in [0, 0.05) is 13.0 Å². The highest BCUT2D eigenvalue weighted by molar-refractivity contribution is 5.69. The third-order valence-corrected chi connectivity index (χ3v) is 3.35. The van der Waals surface area contributed by atoms with Crippen molar-refractivity contribution in [3.8, 4) is 0 Å². The number of amides is 1. The molecule has 0 aliphatic carbocycles. The number of esters is 1. The van der Waals surface area contributed by atoms with E-state index in [0.29, 0.717) is 79.0 Å². The van der Waals surface area contributed by atoms with Gasteiger partial charge in [0.15, 0.2) is 0 Å². The van der Waals surface area contributed by atoms with E-state index in [4.69, 9.17) is 33.2 Å². The molecule has 1 N–H and O–H groups in total. The van der Waals surface area contributed by atoms with E-state index in [1.54, 1.807) is 0 Å². The van der Waals surface area contributed by atoms with Crippen molar-refractivity contribution in [2.24, 2.45) is 0 Å². The van der Waals surface area contributed by atoms with Gasteiger partial charge < -0.3 is 38.5 Å². The van der Waals surface area contributed by atoms with Gasteiger partial charge in [-0.05, 0) is 27.2 Å². The lowest BCUT2D eigenvalue weighted by Gasteiger charge is -2.19. The van der Waals surface area contributed by atoms with Gasteiger partial charge in [0.25, 0.3) is 0 Å². The second-order valence-corrected chi connectivity index (χ2v) is 7.46. The Morgan fingerprint density at radius 2 is 1.10 bits per heavy atom. The predicted octanol–water partition coefficient (Wildman–Crippen LogP) is 1.94. The molecular weight excluding hydrogens is 410 g/mol. The smallest absolute Gasteiger partial charge is 0.407 e. The average molecular weight is 452 g/mol. The second-order valence-electron chi connectivity index (χ2n) is 7.46. The topological polar surface area (TPSA) is 111 Å². The Balaban J connectivity index is 3.16. The summed E-state index contributed by atoms with van der Waals surface area (Å²) in [6.07, 6.45) is 0.773. The zero-order valence-corrected chi connectivity index (χ0v) is 19.6. The maximum Gasteiger partial charge on any atom is 0.407 e. The number of alkyl carbamates (subject to hydrolysis) is 1. The van der Waals surface area contributed by atoms with E-state index in [2.05, 4.69) is 5.32 Å². The Hall–Kier alpha value is -1.46. The van der Waals surface area contributed by atoms with E-state index >= 15 is 0 Å². The number of hydrogen-bond donors (Lipinski definition) is 1. The maximum absolute atomic E-state index is 11.4. The molecule has 0 saturated heterocycles. The Morgan fingerprint density at radius 3 is 1.52 bits per heavy atom. The monoisotopic (exact) mass is 451 g/mol. The lowest BCUT2D eigenvalue weighted by molar-refractivity contribution is -0.145. The van der Waals surface area contributed by atoms with Gasteiger partial charge in [0.1, 0.15) is 12.2 Å². The number of carbonyl (C=O) groups excluding carboxylic acids is 2. The highest BCUT2D eigenvalue weighted by Crippen LogP contribution is 2.06. The lowest BCUT2D eigenvalue weighted by Crippen LogP contribution is -2.34. The van der Waals surface area contributed by atoms with Crippen molar-refractivity contribution < 1.29 is 42.7 Å². The molecule has 0 radical (unpaired) electrons. The summed E-state index contributed by atoms with van der Waals surface area (Å²) in [4.78, 5) is 22.5. The van der Waals surface area contributed by atoms with E-state index < -0.39 is 11.7 Å². The average Bonchev–Trinajstić information content (AvgIpc) is 2.68. The number of hydrogen-bond acceptors (Lipinski definition) is 9. The van der Waals surface area contributed by atoms with Crippen molar-refractivity contribution in [3.63, 3.8) is 0 Å². The highest BCUT2D eigenvalue weighted by Gasteiger charge is 2.15. The number of nitrogens with one attached hydrogen (secondary N) is 1. The molecule has 1 amide bonds. The van der Waals surface area contributed by atoms with Crippen LogP contribution in [-0.2, 0) is 38.0 Å². The Labute approximate surface area is 186 Å². The quantitative estimate of drug-likeness (QED) is 0.219. The molecule has 0 rings (SSSR count). The van der Waals surface area contributed by atoms with Gasteiger partial charge in [-0.2, -0.15) is 0 Å². The fraction of sp³-hybridized carbons (Fsp3) is 0.905. The molecule has 0 bridgehead atoms. The lowest BCUT2D eigenvalue weighted by atomic mass is 10.2. The first-order valence-corrected chi connectivity index (χ1v) is 10.9. The zero-order valence-electron chi connectivity index (χ0n) is 19.6. The molecular formula is C21H41NO9. The van der Waals surface area contributed by atoms with Crippen LogP contribution < -0.4 is 5.32 Å². The molecule has 0 spiro atoms. The molecule has 10 nitrogen and oxygen atoms in total. The molecule has 0 aliphatic heterocycles. The molecule has 0 aliphatic rings. The van der Waals surface area contributed by atoms with Crippen LogP contribution in [0.4, 0.5) is 4.79 Å². The molecule has 0 aromatic rings. The molecule has 0 aromatic heterocycles. The minimum atomic E-state index is -0.506.